The lowest BCUT2D eigenvalue weighted by Crippen LogP contribution is -2.50. The van der Waals surface area contributed by atoms with Crippen LogP contribution < -0.4 is 0 Å². The summed E-state index contributed by atoms with van der Waals surface area (Å²) < 4.78 is 26.5. The van der Waals surface area contributed by atoms with Crippen molar-refractivity contribution in [2.45, 2.75) is 59.2 Å². The minimum absolute atomic E-state index is 0.654. The summed E-state index contributed by atoms with van der Waals surface area (Å²) in [6.45, 7) is 15.5. The molecule has 0 aromatic heterocycles. The molecule has 0 amide bonds. The fraction of sp³-hybridized carbons (Fsp3) is 1.00. The number of hydrogen-bond donors (Lipinski definition) is 0. The molecule has 0 aliphatic carbocycles. The molecule has 1 heterocycles. The van der Waals surface area contributed by atoms with Crippen molar-refractivity contribution < 1.29 is 17.7 Å². The second kappa shape index (κ2) is 10.2. The third-order valence-corrected chi connectivity index (χ3v) is 11.3. The van der Waals surface area contributed by atoms with E-state index in [1.165, 1.54) is 19.0 Å². The van der Waals surface area contributed by atoms with Gasteiger partial charge in [-0.1, -0.05) is 0 Å². The lowest BCUT2D eigenvalue weighted by Gasteiger charge is -2.33. The van der Waals surface area contributed by atoms with Gasteiger partial charge in [0.15, 0.2) is 0 Å². The lowest BCUT2D eigenvalue weighted by molar-refractivity contribution is 0.0703. The molecule has 1 unspecified atom stereocenters. The van der Waals surface area contributed by atoms with Crippen molar-refractivity contribution in [2.75, 3.05) is 39.5 Å². The van der Waals surface area contributed by atoms with Crippen molar-refractivity contribution in [3.05, 3.63) is 0 Å². The van der Waals surface area contributed by atoms with Gasteiger partial charge in [-0.2, -0.15) is 0 Å². The van der Waals surface area contributed by atoms with E-state index >= 15 is 0 Å². The van der Waals surface area contributed by atoms with E-state index < -0.39 is 17.3 Å². The Kier molecular flexibility index (Phi) is 9.38. The highest BCUT2D eigenvalue weighted by atomic mass is 28.4. The maximum Gasteiger partial charge on any atom is 0.500 e. The molecule has 22 heavy (non-hydrogen) atoms. The SMILES string of the molecule is CCO[Si](CCCN1CCC[Si]1(C)OCC)(OCC)OCC. The van der Waals surface area contributed by atoms with Gasteiger partial charge in [0, 0.05) is 32.5 Å². The van der Waals surface area contributed by atoms with Crippen molar-refractivity contribution in [3.8, 4) is 0 Å². The fourth-order valence-electron chi connectivity index (χ4n) is 3.30. The summed E-state index contributed by atoms with van der Waals surface area (Å²) in [6.07, 6.45) is 2.33. The molecular formula is C15H35NO4Si2. The van der Waals surface area contributed by atoms with Crippen LogP contribution in [0.15, 0.2) is 0 Å². The molecule has 132 valence electrons. The Labute approximate surface area is 138 Å². The van der Waals surface area contributed by atoms with Crippen LogP contribution in [0.25, 0.3) is 0 Å². The first-order valence-corrected chi connectivity index (χ1v) is 13.4. The molecule has 0 bridgehead atoms. The van der Waals surface area contributed by atoms with Crippen molar-refractivity contribution in [3.63, 3.8) is 0 Å². The van der Waals surface area contributed by atoms with Gasteiger partial charge in [-0.15, -0.1) is 0 Å². The Balaban J connectivity index is 2.54. The average molecular weight is 350 g/mol. The van der Waals surface area contributed by atoms with E-state index in [9.17, 15) is 0 Å². The van der Waals surface area contributed by atoms with Crippen molar-refractivity contribution in [2.24, 2.45) is 0 Å². The molecule has 1 atom stereocenters. The molecule has 1 aliphatic heterocycles. The third kappa shape index (κ3) is 5.70. The van der Waals surface area contributed by atoms with Crippen LogP contribution in [0.4, 0.5) is 0 Å². The second-order valence-corrected chi connectivity index (χ2v) is 12.3. The van der Waals surface area contributed by atoms with Crippen LogP contribution in [0.1, 0.15) is 40.5 Å². The summed E-state index contributed by atoms with van der Waals surface area (Å²) >= 11 is 0. The van der Waals surface area contributed by atoms with Crippen LogP contribution in [-0.4, -0.2) is 61.4 Å². The minimum atomic E-state index is -2.48. The molecule has 0 saturated carbocycles. The predicted molar refractivity (Wildman–Crippen MR) is 94.3 cm³/mol. The van der Waals surface area contributed by atoms with Crippen LogP contribution >= 0.6 is 0 Å². The second-order valence-electron chi connectivity index (χ2n) is 5.78. The quantitative estimate of drug-likeness (QED) is 0.506. The minimum Gasteiger partial charge on any atom is -0.403 e. The Bertz CT molecular complexity index is 292. The molecule has 0 aromatic carbocycles. The largest absolute Gasteiger partial charge is 0.500 e. The Morgan fingerprint density at radius 1 is 0.955 bits per heavy atom. The van der Waals surface area contributed by atoms with Crippen molar-refractivity contribution >= 4 is 17.3 Å². The summed E-state index contributed by atoms with van der Waals surface area (Å²) in [6, 6.07) is 2.15. The first kappa shape index (κ1) is 20.3. The molecule has 0 radical (unpaired) electrons. The molecule has 0 spiro atoms. The monoisotopic (exact) mass is 349 g/mol. The first-order valence-electron chi connectivity index (χ1n) is 8.86. The molecule has 1 aliphatic rings. The molecule has 1 fully saturated rings. The zero-order valence-electron chi connectivity index (χ0n) is 15.2. The zero-order chi connectivity index (χ0) is 16.5. The summed E-state index contributed by atoms with van der Waals surface area (Å²) in [4.78, 5) is 0. The van der Waals surface area contributed by atoms with Crippen LogP contribution in [0.5, 0.6) is 0 Å². The molecule has 0 N–H and O–H groups in total. The van der Waals surface area contributed by atoms with Crippen LogP contribution in [0, 0.1) is 0 Å². The smallest absolute Gasteiger partial charge is 0.403 e. The van der Waals surface area contributed by atoms with Crippen molar-refractivity contribution in [1.82, 2.24) is 4.57 Å². The summed E-state index contributed by atoms with van der Waals surface area (Å²) in [5.74, 6) is 0. The van der Waals surface area contributed by atoms with E-state index in [4.69, 9.17) is 17.7 Å². The van der Waals surface area contributed by atoms with Gasteiger partial charge in [0.1, 0.15) is 0 Å². The zero-order valence-corrected chi connectivity index (χ0v) is 17.2. The van der Waals surface area contributed by atoms with Crippen LogP contribution in [0.3, 0.4) is 0 Å². The van der Waals surface area contributed by atoms with Gasteiger partial charge in [0.05, 0.1) is 0 Å². The van der Waals surface area contributed by atoms with Gasteiger partial charge in [0.25, 0.3) is 8.48 Å². The number of rotatable bonds is 12. The van der Waals surface area contributed by atoms with Crippen LogP contribution in [0.2, 0.25) is 18.6 Å². The molecule has 1 saturated heterocycles. The highest BCUT2D eigenvalue weighted by molar-refractivity contribution is 6.70. The normalized spacial score (nSPS) is 23.3. The number of nitrogens with zero attached hydrogens (tertiary/aromatic N) is 1. The Morgan fingerprint density at radius 2 is 1.55 bits per heavy atom. The first-order chi connectivity index (χ1) is 10.6. The highest BCUT2D eigenvalue weighted by Gasteiger charge is 2.43. The topological polar surface area (TPSA) is 40.2 Å². The average Bonchev–Trinajstić information content (AvgIpc) is 2.81. The lowest BCUT2D eigenvalue weighted by atomic mass is 10.4. The van der Waals surface area contributed by atoms with Crippen LogP contribution in [-0.2, 0) is 17.7 Å². The van der Waals surface area contributed by atoms with E-state index in [1.54, 1.807) is 0 Å². The van der Waals surface area contributed by atoms with Gasteiger partial charge < -0.3 is 22.3 Å². The molecule has 7 heteroatoms. The highest BCUT2D eigenvalue weighted by Crippen LogP contribution is 2.28. The Morgan fingerprint density at radius 3 is 2.05 bits per heavy atom. The van der Waals surface area contributed by atoms with Gasteiger partial charge in [-0.3, -0.25) is 0 Å². The Hall–Kier alpha value is 0.234. The summed E-state index contributed by atoms with van der Waals surface area (Å²) in [7, 11) is -4.13. The van der Waals surface area contributed by atoms with E-state index in [0.29, 0.717) is 19.8 Å². The molecule has 0 aromatic rings. The number of hydrogen-bond acceptors (Lipinski definition) is 5. The third-order valence-electron chi connectivity index (χ3n) is 4.20. The van der Waals surface area contributed by atoms with E-state index in [2.05, 4.69) is 18.0 Å². The van der Waals surface area contributed by atoms with E-state index in [0.717, 1.165) is 25.6 Å². The summed E-state index contributed by atoms with van der Waals surface area (Å²) in [5.41, 5.74) is 0. The fourth-order valence-corrected chi connectivity index (χ4v) is 9.24. The predicted octanol–water partition coefficient (Wildman–Crippen LogP) is 3.24. The maximum absolute atomic E-state index is 6.11. The molecule has 5 nitrogen and oxygen atoms in total. The van der Waals surface area contributed by atoms with Gasteiger partial charge in [0.2, 0.25) is 0 Å². The van der Waals surface area contributed by atoms with E-state index in [-0.39, 0.29) is 0 Å². The van der Waals surface area contributed by atoms with Crippen molar-refractivity contribution in [1.29, 1.82) is 0 Å². The molecule has 1 rings (SSSR count). The maximum atomic E-state index is 6.11. The standard InChI is InChI=1S/C15H35NO4Si2/c1-6-17-21(5)14-10-12-16(21)13-11-15-22(18-7-2,19-8-3)20-9-4/h6-15H2,1-5H3. The van der Waals surface area contributed by atoms with Gasteiger partial charge in [-0.05, 0) is 66.2 Å². The van der Waals surface area contributed by atoms with Gasteiger partial charge in [-0.25, -0.2) is 0 Å². The van der Waals surface area contributed by atoms with E-state index in [1.807, 2.05) is 20.8 Å². The summed E-state index contributed by atoms with van der Waals surface area (Å²) in [5, 5.41) is 0. The van der Waals surface area contributed by atoms with Gasteiger partial charge >= 0.3 is 8.80 Å². The molecular weight excluding hydrogens is 314 g/mol.